The molecule has 112 valence electrons. The quantitative estimate of drug-likeness (QED) is 0.622. The summed E-state index contributed by atoms with van der Waals surface area (Å²) in [5.41, 5.74) is 2.86. The zero-order chi connectivity index (χ0) is 15.7. The molecule has 22 heavy (non-hydrogen) atoms. The fourth-order valence-electron chi connectivity index (χ4n) is 2.10. The Morgan fingerprint density at radius 1 is 1.32 bits per heavy atom. The molecule has 0 aliphatic carbocycles. The molecule has 2 aromatic carbocycles. The van der Waals surface area contributed by atoms with Gasteiger partial charge in [0.05, 0.1) is 24.1 Å². The number of esters is 1. The minimum absolute atomic E-state index is 0.202. The molecule has 3 rings (SSSR count). The normalized spacial score (nSPS) is 10.9. The monoisotopic (exact) mass is 379 g/mol. The van der Waals surface area contributed by atoms with E-state index in [1.165, 1.54) is 7.11 Å². The van der Waals surface area contributed by atoms with Gasteiger partial charge in [0.1, 0.15) is 5.52 Å². The van der Waals surface area contributed by atoms with E-state index >= 15 is 0 Å². The standard InChI is InChI=1S/C16H11BrClNO3/c1-21-15(20)7-9-2-5-14-13(6-9)19-16(22-14)11-4-3-10(17)8-12(11)18/h2-6,8H,7H2,1H3. The molecule has 0 spiro atoms. The molecule has 0 radical (unpaired) electrons. The van der Waals surface area contributed by atoms with E-state index in [-0.39, 0.29) is 12.4 Å². The van der Waals surface area contributed by atoms with Crippen LogP contribution in [0.25, 0.3) is 22.6 Å². The van der Waals surface area contributed by atoms with Crippen LogP contribution in [0.2, 0.25) is 5.02 Å². The van der Waals surface area contributed by atoms with E-state index in [0.717, 1.165) is 15.6 Å². The van der Waals surface area contributed by atoms with Crippen LogP contribution in [0.3, 0.4) is 0 Å². The Morgan fingerprint density at radius 2 is 2.14 bits per heavy atom. The van der Waals surface area contributed by atoms with Crippen LogP contribution in [0.15, 0.2) is 45.3 Å². The molecule has 3 aromatic rings. The van der Waals surface area contributed by atoms with Gasteiger partial charge in [0.25, 0.3) is 0 Å². The fourth-order valence-corrected chi connectivity index (χ4v) is 2.85. The Morgan fingerprint density at radius 3 is 2.86 bits per heavy atom. The summed E-state index contributed by atoms with van der Waals surface area (Å²) >= 11 is 9.58. The number of hydrogen-bond donors (Lipinski definition) is 0. The maximum absolute atomic E-state index is 11.3. The lowest BCUT2D eigenvalue weighted by atomic mass is 10.1. The number of carbonyl (C=O) groups excluding carboxylic acids is 1. The Bertz CT molecular complexity index is 860. The van der Waals surface area contributed by atoms with E-state index in [2.05, 4.69) is 25.7 Å². The molecule has 0 fully saturated rings. The second-order valence-corrected chi connectivity index (χ2v) is 6.02. The molecule has 0 saturated heterocycles. The van der Waals surface area contributed by atoms with Crippen molar-refractivity contribution in [2.24, 2.45) is 0 Å². The zero-order valence-corrected chi connectivity index (χ0v) is 13.9. The lowest BCUT2D eigenvalue weighted by Gasteiger charge is -1.99. The summed E-state index contributed by atoms with van der Waals surface area (Å²) in [4.78, 5) is 15.8. The molecule has 1 aromatic heterocycles. The molecule has 0 saturated carbocycles. The summed E-state index contributed by atoms with van der Waals surface area (Å²) in [6.07, 6.45) is 0.202. The van der Waals surface area contributed by atoms with Gasteiger partial charge in [-0.15, -0.1) is 0 Å². The second-order valence-electron chi connectivity index (χ2n) is 4.70. The summed E-state index contributed by atoms with van der Waals surface area (Å²) in [7, 11) is 1.37. The molecular formula is C16H11BrClNO3. The third-order valence-corrected chi connectivity index (χ3v) is 4.00. The van der Waals surface area contributed by atoms with E-state index in [0.29, 0.717) is 22.0 Å². The molecule has 0 unspecified atom stereocenters. The average Bonchev–Trinajstić information content (AvgIpc) is 2.89. The van der Waals surface area contributed by atoms with Crippen molar-refractivity contribution in [2.45, 2.75) is 6.42 Å². The summed E-state index contributed by atoms with van der Waals surface area (Å²) in [5, 5.41) is 0.552. The van der Waals surface area contributed by atoms with Crippen molar-refractivity contribution >= 4 is 44.6 Å². The number of methoxy groups -OCH3 is 1. The van der Waals surface area contributed by atoms with Crippen LogP contribution >= 0.6 is 27.5 Å². The molecule has 0 aliphatic heterocycles. The van der Waals surface area contributed by atoms with Crippen molar-refractivity contribution in [3.05, 3.63) is 51.5 Å². The highest BCUT2D eigenvalue weighted by molar-refractivity contribution is 9.10. The van der Waals surface area contributed by atoms with Gasteiger partial charge >= 0.3 is 5.97 Å². The molecule has 0 N–H and O–H groups in total. The van der Waals surface area contributed by atoms with E-state index in [1.807, 2.05) is 24.3 Å². The Kier molecular flexibility index (Phi) is 4.18. The first-order chi connectivity index (χ1) is 10.6. The average molecular weight is 381 g/mol. The highest BCUT2D eigenvalue weighted by Crippen LogP contribution is 2.32. The molecule has 0 atom stereocenters. The van der Waals surface area contributed by atoms with Crippen molar-refractivity contribution in [3.63, 3.8) is 0 Å². The number of rotatable bonds is 3. The van der Waals surface area contributed by atoms with Crippen LogP contribution in [0.1, 0.15) is 5.56 Å². The number of fused-ring (bicyclic) bond motifs is 1. The van der Waals surface area contributed by atoms with Crippen LogP contribution in [-0.4, -0.2) is 18.1 Å². The number of oxazole rings is 1. The minimum atomic E-state index is -0.293. The van der Waals surface area contributed by atoms with E-state index in [1.54, 1.807) is 12.1 Å². The highest BCUT2D eigenvalue weighted by Gasteiger charge is 2.13. The van der Waals surface area contributed by atoms with Crippen LogP contribution < -0.4 is 0 Å². The van der Waals surface area contributed by atoms with Crippen molar-refractivity contribution < 1.29 is 13.9 Å². The van der Waals surface area contributed by atoms with Gasteiger partial charge in [0.2, 0.25) is 5.89 Å². The summed E-state index contributed by atoms with van der Waals surface area (Å²) in [5.74, 6) is 0.154. The molecular weight excluding hydrogens is 370 g/mol. The number of ether oxygens (including phenoxy) is 1. The van der Waals surface area contributed by atoms with Crippen molar-refractivity contribution in [1.82, 2.24) is 4.98 Å². The fraction of sp³-hybridized carbons (Fsp3) is 0.125. The summed E-state index contributed by atoms with van der Waals surface area (Å²) < 4.78 is 11.3. The Hall–Kier alpha value is -1.85. The van der Waals surface area contributed by atoms with Crippen LogP contribution in [0.5, 0.6) is 0 Å². The molecule has 0 aliphatic rings. The van der Waals surface area contributed by atoms with Gasteiger partial charge < -0.3 is 9.15 Å². The van der Waals surface area contributed by atoms with Crippen LogP contribution in [-0.2, 0) is 16.0 Å². The molecule has 0 amide bonds. The van der Waals surface area contributed by atoms with Gasteiger partial charge in [-0.3, -0.25) is 4.79 Å². The first-order valence-corrected chi connectivity index (χ1v) is 7.65. The first kappa shape index (κ1) is 15.1. The number of halogens is 2. The lowest BCUT2D eigenvalue weighted by molar-refractivity contribution is -0.139. The molecule has 6 heteroatoms. The van der Waals surface area contributed by atoms with Gasteiger partial charge in [-0.05, 0) is 35.9 Å². The molecule has 0 bridgehead atoms. The summed E-state index contributed by atoms with van der Waals surface area (Å²) in [6.45, 7) is 0. The van der Waals surface area contributed by atoms with E-state index in [4.69, 9.17) is 16.0 Å². The van der Waals surface area contributed by atoms with Gasteiger partial charge in [-0.25, -0.2) is 4.98 Å². The maximum Gasteiger partial charge on any atom is 0.309 e. The summed E-state index contributed by atoms with van der Waals surface area (Å²) in [6, 6.07) is 10.9. The number of nitrogens with zero attached hydrogens (tertiary/aromatic N) is 1. The van der Waals surface area contributed by atoms with Gasteiger partial charge in [-0.1, -0.05) is 33.6 Å². The van der Waals surface area contributed by atoms with Crippen molar-refractivity contribution in [1.29, 1.82) is 0 Å². The topological polar surface area (TPSA) is 52.3 Å². The largest absolute Gasteiger partial charge is 0.469 e. The highest BCUT2D eigenvalue weighted by atomic mass is 79.9. The number of benzene rings is 2. The second kappa shape index (κ2) is 6.10. The predicted octanol–water partition coefficient (Wildman–Crippen LogP) is 4.63. The van der Waals surface area contributed by atoms with Crippen LogP contribution in [0.4, 0.5) is 0 Å². The maximum atomic E-state index is 11.3. The van der Waals surface area contributed by atoms with Gasteiger partial charge in [0, 0.05) is 4.47 Å². The number of carbonyl (C=O) groups is 1. The van der Waals surface area contributed by atoms with Crippen LogP contribution in [0, 0.1) is 0 Å². The minimum Gasteiger partial charge on any atom is -0.469 e. The van der Waals surface area contributed by atoms with Gasteiger partial charge in [0.15, 0.2) is 5.58 Å². The SMILES string of the molecule is COC(=O)Cc1ccc2oc(-c3ccc(Br)cc3Cl)nc2c1. The first-order valence-electron chi connectivity index (χ1n) is 6.48. The van der Waals surface area contributed by atoms with Gasteiger partial charge in [-0.2, -0.15) is 0 Å². The smallest absolute Gasteiger partial charge is 0.309 e. The number of hydrogen-bond acceptors (Lipinski definition) is 4. The third kappa shape index (κ3) is 3.00. The van der Waals surface area contributed by atoms with E-state index in [9.17, 15) is 4.79 Å². The van der Waals surface area contributed by atoms with Crippen molar-refractivity contribution in [2.75, 3.05) is 7.11 Å². The Labute approximate surface area is 140 Å². The lowest BCUT2D eigenvalue weighted by Crippen LogP contribution is -2.04. The number of aromatic nitrogens is 1. The third-order valence-electron chi connectivity index (χ3n) is 3.19. The van der Waals surface area contributed by atoms with Crippen molar-refractivity contribution in [3.8, 4) is 11.5 Å². The Balaban J connectivity index is 2.00. The molecule has 4 nitrogen and oxygen atoms in total. The molecule has 1 heterocycles. The zero-order valence-electron chi connectivity index (χ0n) is 11.6. The van der Waals surface area contributed by atoms with E-state index < -0.39 is 0 Å². The predicted molar refractivity (Wildman–Crippen MR) is 87.9 cm³/mol.